The average molecular weight is 454 g/mol. The quantitative estimate of drug-likeness (QED) is 0.568. The second kappa shape index (κ2) is 8.57. The van der Waals surface area contributed by atoms with E-state index in [-0.39, 0.29) is 15.9 Å². The third-order valence-corrected chi connectivity index (χ3v) is 5.12. The Morgan fingerprint density at radius 2 is 2.11 bits per heavy atom. The first-order valence-electron chi connectivity index (χ1n) is 7.91. The zero-order valence-corrected chi connectivity index (χ0v) is 16.5. The van der Waals surface area contributed by atoms with E-state index in [0.29, 0.717) is 29.3 Å². The summed E-state index contributed by atoms with van der Waals surface area (Å²) in [6.45, 7) is 2.53. The van der Waals surface area contributed by atoms with Crippen molar-refractivity contribution in [1.29, 1.82) is 0 Å². The summed E-state index contributed by atoms with van der Waals surface area (Å²) in [5.74, 6) is -1.44. The van der Waals surface area contributed by atoms with E-state index in [4.69, 9.17) is 0 Å². The number of pyridine rings is 1. The molecule has 1 amide bonds. The highest BCUT2D eigenvalue weighted by molar-refractivity contribution is 9.10. The van der Waals surface area contributed by atoms with Gasteiger partial charge in [-0.25, -0.2) is 8.78 Å². The Balaban J connectivity index is 1.70. The molecule has 2 aromatic heterocycles. The molecule has 140 valence electrons. The zero-order valence-electron chi connectivity index (χ0n) is 14.1. The predicted octanol–water partition coefficient (Wildman–Crippen LogP) is 4.13. The number of hydrogen-bond acceptors (Lipinski definition) is 5. The molecule has 0 aliphatic carbocycles. The molecule has 2 heterocycles. The standard InChI is InChI=1S/C17H14BrF2N5OS/c1-2-25-16(13-5-3-4-6-21-13)23-24-17(25)27-9-14(26)22-15-11(18)7-10(19)8-12(15)20/h3-8H,2,9H2,1H3,(H,22,26). The molecule has 1 N–H and O–H groups in total. The van der Waals surface area contributed by atoms with Crippen LogP contribution in [0.2, 0.25) is 0 Å². The summed E-state index contributed by atoms with van der Waals surface area (Å²) in [5.41, 5.74) is 0.577. The van der Waals surface area contributed by atoms with Crippen LogP contribution in [0.25, 0.3) is 11.5 Å². The summed E-state index contributed by atoms with van der Waals surface area (Å²) in [6.07, 6.45) is 1.67. The maximum absolute atomic E-state index is 13.8. The summed E-state index contributed by atoms with van der Waals surface area (Å²) in [6, 6.07) is 7.28. The summed E-state index contributed by atoms with van der Waals surface area (Å²) in [7, 11) is 0. The van der Waals surface area contributed by atoms with Crippen molar-refractivity contribution in [1.82, 2.24) is 19.7 Å². The molecule has 0 radical (unpaired) electrons. The van der Waals surface area contributed by atoms with Gasteiger partial charge in [-0.15, -0.1) is 10.2 Å². The van der Waals surface area contributed by atoms with Gasteiger partial charge < -0.3 is 9.88 Å². The van der Waals surface area contributed by atoms with E-state index in [1.165, 1.54) is 11.8 Å². The van der Waals surface area contributed by atoms with Gasteiger partial charge >= 0.3 is 0 Å². The van der Waals surface area contributed by atoms with Gasteiger partial charge in [0.1, 0.15) is 11.5 Å². The molecule has 0 saturated heterocycles. The molecule has 1 aromatic carbocycles. The van der Waals surface area contributed by atoms with E-state index in [2.05, 4.69) is 36.4 Å². The Hall–Kier alpha value is -2.33. The minimum absolute atomic E-state index is 0.0103. The molecule has 0 atom stereocenters. The van der Waals surface area contributed by atoms with Crippen molar-refractivity contribution >= 4 is 39.3 Å². The molecule has 0 aliphatic heterocycles. The molecule has 27 heavy (non-hydrogen) atoms. The largest absolute Gasteiger partial charge is 0.322 e. The molecule has 0 aliphatic rings. The Labute approximate surface area is 166 Å². The van der Waals surface area contributed by atoms with Gasteiger partial charge in [0, 0.05) is 23.3 Å². The van der Waals surface area contributed by atoms with Crippen molar-refractivity contribution in [2.75, 3.05) is 11.1 Å². The van der Waals surface area contributed by atoms with Gasteiger partial charge in [-0.05, 0) is 41.1 Å². The lowest BCUT2D eigenvalue weighted by atomic mass is 10.3. The normalized spacial score (nSPS) is 10.8. The lowest BCUT2D eigenvalue weighted by molar-refractivity contribution is -0.113. The molecule has 6 nitrogen and oxygen atoms in total. The summed E-state index contributed by atoms with van der Waals surface area (Å²) in [5, 5.41) is 11.2. The smallest absolute Gasteiger partial charge is 0.234 e. The molecule has 0 bridgehead atoms. The van der Waals surface area contributed by atoms with Crippen molar-refractivity contribution in [3.63, 3.8) is 0 Å². The van der Waals surface area contributed by atoms with Crippen molar-refractivity contribution < 1.29 is 13.6 Å². The number of anilines is 1. The molecule has 3 rings (SSSR count). The van der Waals surface area contributed by atoms with Gasteiger partial charge in [0.2, 0.25) is 5.91 Å². The van der Waals surface area contributed by atoms with Gasteiger partial charge in [0.05, 0.1) is 11.4 Å². The molecule has 0 unspecified atom stereocenters. The fourth-order valence-corrected chi connectivity index (χ4v) is 3.64. The number of benzene rings is 1. The van der Waals surface area contributed by atoms with Gasteiger partial charge in [-0.3, -0.25) is 9.78 Å². The van der Waals surface area contributed by atoms with Crippen LogP contribution < -0.4 is 5.32 Å². The van der Waals surface area contributed by atoms with E-state index in [0.717, 1.165) is 6.07 Å². The number of carbonyl (C=O) groups excluding carboxylic acids is 1. The second-order valence-corrected chi connectivity index (χ2v) is 7.14. The molecule has 0 fully saturated rings. The summed E-state index contributed by atoms with van der Waals surface area (Å²) >= 11 is 4.21. The van der Waals surface area contributed by atoms with Crippen molar-refractivity contribution in [3.8, 4) is 11.5 Å². The monoisotopic (exact) mass is 453 g/mol. The van der Waals surface area contributed by atoms with Crippen LogP contribution in [0.3, 0.4) is 0 Å². The van der Waals surface area contributed by atoms with Crippen LogP contribution in [-0.4, -0.2) is 31.4 Å². The van der Waals surface area contributed by atoms with Crippen LogP contribution >= 0.6 is 27.7 Å². The lowest BCUT2D eigenvalue weighted by Gasteiger charge is -2.09. The Kier molecular flexibility index (Phi) is 6.17. The number of aromatic nitrogens is 4. The van der Waals surface area contributed by atoms with Gasteiger partial charge in [-0.2, -0.15) is 0 Å². The van der Waals surface area contributed by atoms with Crippen molar-refractivity contribution in [2.24, 2.45) is 0 Å². The second-order valence-electron chi connectivity index (χ2n) is 5.35. The molecular weight excluding hydrogens is 440 g/mol. The summed E-state index contributed by atoms with van der Waals surface area (Å²) < 4.78 is 28.9. The number of halogens is 3. The molecule has 0 spiro atoms. The van der Waals surface area contributed by atoms with Crippen LogP contribution in [0.1, 0.15) is 6.92 Å². The van der Waals surface area contributed by atoms with Crippen LogP contribution in [0.15, 0.2) is 46.2 Å². The highest BCUT2D eigenvalue weighted by Crippen LogP contribution is 2.28. The number of hydrogen-bond donors (Lipinski definition) is 1. The van der Waals surface area contributed by atoms with E-state index in [1.54, 1.807) is 6.20 Å². The Bertz CT molecular complexity index is 944. The highest BCUT2D eigenvalue weighted by Gasteiger charge is 2.17. The van der Waals surface area contributed by atoms with E-state index >= 15 is 0 Å². The molecule has 0 saturated carbocycles. The zero-order chi connectivity index (χ0) is 19.4. The average Bonchev–Trinajstić information content (AvgIpc) is 3.06. The fraction of sp³-hybridized carbons (Fsp3) is 0.176. The van der Waals surface area contributed by atoms with Crippen LogP contribution in [-0.2, 0) is 11.3 Å². The number of amides is 1. The number of carbonyl (C=O) groups is 1. The van der Waals surface area contributed by atoms with Gasteiger partial charge in [0.15, 0.2) is 16.8 Å². The van der Waals surface area contributed by atoms with E-state index in [1.807, 2.05) is 29.7 Å². The Morgan fingerprint density at radius 3 is 2.78 bits per heavy atom. The first-order chi connectivity index (χ1) is 13.0. The molecule has 10 heteroatoms. The van der Waals surface area contributed by atoms with Crippen molar-refractivity contribution in [3.05, 3.63) is 52.6 Å². The predicted molar refractivity (Wildman–Crippen MR) is 102 cm³/mol. The van der Waals surface area contributed by atoms with Crippen LogP contribution in [0, 0.1) is 11.6 Å². The number of nitrogens with one attached hydrogen (secondary N) is 1. The topological polar surface area (TPSA) is 72.7 Å². The summed E-state index contributed by atoms with van der Waals surface area (Å²) in [4.78, 5) is 16.4. The minimum atomic E-state index is -0.852. The molecule has 3 aromatic rings. The van der Waals surface area contributed by atoms with Gasteiger partial charge in [-0.1, -0.05) is 17.8 Å². The van der Waals surface area contributed by atoms with Gasteiger partial charge in [0.25, 0.3) is 0 Å². The number of nitrogens with zero attached hydrogens (tertiary/aromatic N) is 4. The van der Waals surface area contributed by atoms with E-state index in [9.17, 15) is 13.6 Å². The number of thioether (sulfide) groups is 1. The first-order valence-corrected chi connectivity index (χ1v) is 9.69. The van der Waals surface area contributed by atoms with E-state index < -0.39 is 17.5 Å². The van der Waals surface area contributed by atoms with Crippen LogP contribution in [0.5, 0.6) is 0 Å². The molecular formula is C17H14BrF2N5OS. The third kappa shape index (κ3) is 4.51. The Morgan fingerprint density at radius 1 is 1.30 bits per heavy atom. The SMILES string of the molecule is CCn1c(SCC(=O)Nc2c(F)cc(F)cc2Br)nnc1-c1ccccn1. The third-order valence-electron chi connectivity index (χ3n) is 3.53. The first kappa shape index (κ1) is 19.4. The van der Waals surface area contributed by atoms with Crippen molar-refractivity contribution in [2.45, 2.75) is 18.6 Å². The number of rotatable bonds is 6. The van der Waals surface area contributed by atoms with Crippen LogP contribution in [0.4, 0.5) is 14.5 Å². The minimum Gasteiger partial charge on any atom is -0.322 e. The fourth-order valence-electron chi connectivity index (χ4n) is 2.33. The lowest BCUT2D eigenvalue weighted by Crippen LogP contribution is -2.16. The maximum atomic E-state index is 13.8. The maximum Gasteiger partial charge on any atom is 0.234 e. The highest BCUT2D eigenvalue weighted by atomic mass is 79.9.